The molecule has 1 aromatic carbocycles. The molecule has 140 valence electrons. The molecular weight excluding hydrogens is 326 g/mol. The SMILES string of the molecule is CCOc1ccc(CC(NC(=O)OC(C)(C)C)C(=O)O)cc1OCC. The molecule has 0 aromatic heterocycles. The molecule has 0 heterocycles. The number of nitrogens with one attached hydrogen (secondary N) is 1. The molecule has 1 atom stereocenters. The molecule has 0 radical (unpaired) electrons. The van der Waals surface area contributed by atoms with Crippen LogP contribution in [0.2, 0.25) is 0 Å². The zero-order chi connectivity index (χ0) is 19.0. The van der Waals surface area contributed by atoms with Crippen LogP contribution in [0, 0.1) is 0 Å². The second-order valence-corrected chi connectivity index (χ2v) is 6.39. The van der Waals surface area contributed by atoms with Crippen molar-refractivity contribution in [2.24, 2.45) is 0 Å². The Morgan fingerprint density at radius 2 is 1.72 bits per heavy atom. The van der Waals surface area contributed by atoms with Crippen LogP contribution in [0.4, 0.5) is 4.79 Å². The van der Waals surface area contributed by atoms with Crippen molar-refractivity contribution in [3.8, 4) is 11.5 Å². The van der Waals surface area contributed by atoms with Crippen LogP contribution in [0.25, 0.3) is 0 Å². The fraction of sp³-hybridized carbons (Fsp3) is 0.556. The van der Waals surface area contributed by atoms with Crippen LogP contribution in [-0.2, 0) is 16.0 Å². The second kappa shape index (κ2) is 9.15. The van der Waals surface area contributed by atoms with Crippen molar-refractivity contribution >= 4 is 12.1 Å². The zero-order valence-electron chi connectivity index (χ0n) is 15.4. The average molecular weight is 353 g/mol. The summed E-state index contributed by atoms with van der Waals surface area (Å²) < 4.78 is 16.1. The summed E-state index contributed by atoms with van der Waals surface area (Å²) in [5.41, 5.74) is 0.00405. The Morgan fingerprint density at radius 3 is 2.24 bits per heavy atom. The highest BCUT2D eigenvalue weighted by Crippen LogP contribution is 2.29. The number of hydrogen-bond donors (Lipinski definition) is 2. The van der Waals surface area contributed by atoms with Gasteiger partial charge in [-0.15, -0.1) is 0 Å². The van der Waals surface area contributed by atoms with Gasteiger partial charge in [0.1, 0.15) is 11.6 Å². The lowest BCUT2D eigenvalue weighted by Gasteiger charge is -2.22. The van der Waals surface area contributed by atoms with Crippen LogP contribution in [0.15, 0.2) is 18.2 Å². The van der Waals surface area contributed by atoms with Gasteiger partial charge in [0, 0.05) is 6.42 Å². The Balaban J connectivity index is 2.89. The van der Waals surface area contributed by atoms with E-state index in [0.717, 1.165) is 0 Å². The summed E-state index contributed by atoms with van der Waals surface area (Å²) in [7, 11) is 0. The van der Waals surface area contributed by atoms with Gasteiger partial charge in [-0.05, 0) is 52.3 Å². The van der Waals surface area contributed by atoms with Crippen LogP contribution in [0.1, 0.15) is 40.2 Å². The molecule has 0 fully saturated rings. The van der Waals surface area contributed by atoms with E-state index in [9.17, 15) is 14.7 Å². The van der Waals surface area contributed by atoms with Crippen LogP contribution in [-0.4, -0.2) is 42.0 Å². The Kier molecular flexibility index (Phi) is 7.54. The van der Waals surface area contributed by atoms with Crippen molar-refractivity contribution in [1.29, 1.82) is 0 Å². The maximum Gasteiger partial charge on any atom is 0.408 e. The molecule has 1 rings (SSSR count). The summed E-state index contributed by atoms with van der Waals surface area (Å²) in [6, 6.07) is 4.10. The van der Waals surface area contributed by atoms with Crippen molar-refractivity contribution in [1.82, 2.24) is 5.32 Å². The molecule has 0 saturated heterocycles. The number of amides is 1. The van der Waals surface area contributed by atoms with E-state index < -0.39 is 23.7 Å². The molecule has 7 nitrogen and oxygen atoms in total. The number of carboxylic acids is 1. The highest BCUT2D eigenvalue weighted by molar-refractivity contribution is 5.80. The molecule has 25 heavy (non-hydrogen) atoms. The number of carbonyl (C=O) groups excluding carboxylic acids is 1. The van der Waals surface area contributed by atoms with Gasteiger partial charge in [-0.1, -0.05) is 6.07 Å². The number of ether oxygens (including phenoxy) is 3. The summed E-state index contributed by atoms with van der Waals surface area (Å²) in [6.45, 7) is 9.82. The monoisotopic (exact) mass is 353 g/mol. The first-order valence-corrected chi connectivity index (χ1v) is 8.27. The van der Waals surface area contributed by atoms with Gasteiger partial charge in [-0.3, -0.25) is 0 Å². The third kappa shape index (κ3) is 7.32. The molecule has 2 N–H and O–H groups in total. The molecule has 0 aliphatic rings. The molecular formula is C18H27NO6. The van der Waals surface area contributed by atoms with E-state index in [4.69, 9.17) is 14.2 Å². The van der Waals surface area contributed by atoms with Gasteiger partial charge >= 0.3 is 12.1 Å². The third-order valence-corrected chi connectivity index (χ3v) is 3.04. The smallest absolute Gasteiger partial charge is 0.408 e. The molecule has 1 amide bonds. The lowest BCUT2D eigenvalue weighted by Crippen LogP contribution is -2.44. The minimum absolute atomic E-state index is 0.0983. The number of alkyl carbamates (subject to hydrolysis) is 1. The standard InChI is InChI=1S/C18H27NO6/c1-6-23-14-9-8-12(11-15(14)24-7-2)10-13(16(20)21)19-17(22)25-18(3,4)5/h8-9,11,13H,6-7,10H2,1-5H3,(H,19,22)(H,20,21). The number of rotatable bonds is 8. The van der Waals surface area contributed by atoms with Crippen LogP contribution in [0.3, 0.4) is 0 Å². The van der Waals surface area contributed by atoms with E-state index in [1.54, 1.807) is 39.0 Å². The summed E-state index contributed by atoms with van der Waals surface area (Å²) >= 11 is 0. The van der Waals surface area contributed by atoms with Crippen molar-refractivity contribution in [2.45, 2.75) is 52.7 Å². The van der Waals surface area contributed by atoms with Crippen molar-refractivity contribution in [2.75, 3.05) is 13.2 Å². The number of aliphatic carboxylic acids is 1. The maximum atomic E-state index is 11.8. The molecule has 0 aliphatic heterocycles. The molecule has 7 heteroatoms. The van der Waals surface area contributed by atoms with Crippen LogP contribution < -0.4 is 14.8 Å². The van der Waals surface area contributed by atoms with E-state index in [1.807, 2.05) is 13.8 Å². The number of benzene rings is 1. The second-order valence-electron chi connectivity index (χ2n) is 6.39. The minimum atomic E-state index is -1.14. The molecule has 0 saturated carbocycles. The van der Waals surface area contributed by atoms with Gasteiger partial charge in [-0.2, -0.15) is 0 Å². The number of carboxylic acid groups (broad SMARTS) is 1. The van der Waals surface area contributed by atoms with Gasteiger partial charge in [0.25, 0.3) is 0 Å². The van der Waals surface area contributed by atoms with Crippen molar-refractivity contribution < 1.29 is 28.9 Å². The van der Waals surface area contributed by atoms with Crippen molar-refractivity contribution in [3.05, 3.63) is 23.8 Å². The largest absolute Gasteiger partial charge is 0.490 e. The Bertz CT molecular complexity index is 594. The lowest BCUT2D eigenvalue weighted by atomic mass is 10.1. The van der Waals surface area contributed by atoms with Gasteiger partial charge in [-0.25, -0.2) is 9.59 Å². The topological polar surface area (TPSA) is 94.1 Å². The van der Waals surface area contributed by atoms with E-state index in [-0.39, 0.29) is 6.42 Å². The van der Waals surface area contributed by atoms with E-state index >= 15 is 0 Å². The van der Waals surface area contributed by atoms with Crippen LogP contribution in [0.5, 0.6) is 11.5 Å². The van der Waals surface area contributed by atoms with Gasteiger partial charge < -0.3 is 24.6 Å². The quantitative estimate of drug-likeness (QED) is 0.746. The van der Waals surface area contributed by atoms with Gasteiger partial charge in [0.15, 0.2) is 11.5 Å². The highest BCUT2D eigenvalue weighted by atomic mass is 16.6. The minimum Gasteiger partial charge on any atom is -0.490 e. The molecule has 0 bridgehead atoms. The predicted molar refractivity (Wildman–Crippen MR) is 93.3 cm³/mol. The van der Waals surface area contributed by atoms with E-state index in [0.29, 0.717) is 30.3 Å². The number of carbonyl (C=O) groups is 2. The fourth-order valence-electron chi connectivity index (χ4n) is 2.11. The summed E-state index contributed by atoms with van der Waals surface area (Å²) in [6.07, 6.45) is -0.669. The zero-order valence-corrected chi connectivity index (χ0v) is 15.4. The van der Waals surface area contributed by atoms with Crippen molar-refractivity contribution in [3.63, 3.8) is 0 Å². The Hall–Kier alpha value is -2.44. The summed E-state index contributed by atoms with van der Waals surface area (Å²) in [5.74, 6) is 0.000960. The molecule has 1 unspecified atom stereocenters. The Morgan fingerprint density at radius 1 is 1.12 bits per heavy atom. The summed E-state index contributed by atoms with van der Waals surface area (Å²) in [5, 5.41) is 11.7. The van der Waals surface area contributed by atoms with Crippen LogP contribution >= 0.6 is 0 Å². The first-order valence-electron chi connectivity index (χ1n) is 8.27. The molecule has 0 aliphatic carbocycles. The Labute approximate surface area is 148 Å². The molecule has 1 aromatic rings. The average Bonchev–Trinajstić information content (AvgIpc) is 2.47. The predicted octanol–water partition coefficient (Wildman–Crippen LogP) is 3.00. The first kappa shape index (κ1) is 20.6. The van der Waals surface area contributed by atoms with Gasteiger partial charge in [0.2, 0.25) is 0 Å². The fourth-order valence-corrected chi connectivity index (χ4v) is 2.11. The van der Waals surface area contributed by atoms with Gasteiger partial charge in [0.05, 0.1) is 13.2 Å². The third-order valence-electron chi connectivity index (χ3n) is 3.04. The number of hydrogen-bond acceptors (Lipinski definition) is 5. The lowest BCUT2D eigenvalue weighted by molar-refractivity contribution is -0.139. The van der Waals surface area contributed by atoms with E-state index in [1.165, 1.54) is 0 Å². The normalized spacial score (nSPS) is 12.2. The first-order chi connectivity index (χ1) is 11.7. The van der Waals surface area contributed by atoms with E-state index in [2.05, 4.69) is 5.32 Å². The highest BCUT2D eigenvalue weighted by Gasteiger charge is 2.24. The molecule has 0 spiro atoms. The maximum absolute atomic E-state index is 11.8. The summed E-state index contributed by atoms with van der Waals surface area (Å²) in [4.78, 5) is 23.3.